The average molecular weight is 544 g/mol. The van der Waals surface area contributed by atoms with Gasteiger partial charge in [-0.3, -0.25) is 9.59 Å². The minimum atomic E-state index is -0.785. The first-order valence-corrected chi connectivity index (χ1v) is 13.4. The molecule has 0 amide bonds. The Kier molecular flexibility index (Phi) is 6.42. The zero-order valence-electron chi connectivity index (χ0n) is 22.6. The van der Waals surface area contributed by atoms with Crippen molar-refractivity contribution >= 4 is 50.3 Å². The molecule has 3 heterocycles. The molecule has 2 aromatic carbocycles. The van der Waals surface area contributed by atoms with E-state index in [1.807, 2.05) is 23.6 Å². The molecule has 0 saturated carbocycles. The minimum absolute atomic E-state index is 0.150. The molecule has 0 aliphatic rings. The molecule has 3 aromatic heterocycles. The Morgan fingerprint density at radius 1 is 0.923 bits per heavy atom. The van der Waals surface area contributed by atoms with Crippen LogP contribution < -0.4 is 4.74 Å². The second kappa shape index (κ2) is 9.50. The number of H-pyrrole nitrogens is 1. The fraction of sp³-hybridized carbons (Fsp3) is 0.267. The van der Waals surface area contributed by atoms with Crippen LogP contribution in [0.4, 0.5) is 4.79 Å². The summed E-state index contributed by atoms with van der Waals surface area (Å²) in [6.45, 7) is 10.7. The number of nitrogens with one attached hydrogen (secondary N) is 1. The van der Waals surface area contributed by atoms with Gasteiger partial charge in [-0.2, -0.15) is 9.78 Å². The van der Waals surface area contributed by atoms with Crippen LogP contribution in [-0.2, 0) is 9.53 Å². The third-order valence-corrected chi connectivity index (χ3v) is 6.86. The Balaban J connectivity index is 1.69. The number of nitrogens with zero attached hydrogens (tertiary/aromatic N) is 2. The summed E-state index contributed by atoms with van der Waals surface area (Å²) in [6.07, 6.45) is -0.614. The largest absolute Gasteiger partial charge is 0.442 e. The number of hydrogen-bond acceptors (Lipinski definition) is 7. The molecule has 0 unspecified atom stereocenters. The van der Waals surface area contributed by atoms with Crippen LogP contribution in [0.5, 0.6) is 5.75 Å². The summed E-state index contributed by atoms with van der Waals surface area (Å²) < 4.78 is 13.5. The molecule has 0 aliphatic carbocycles. The summed E-state index contributed by atoms with van der Waals surface area (Å²) >= 11 is 1.41. The molecule has 0 aliphatic heterocycles. The second-order valence-electron chi connectivity index (χ2n) is 11.3. The fourth-order valence-electron chi connectivity index (χ4n) is 4.04. The first-order valence-electron chi connectivity index (χ1n) is 12.5. The van der Waals surface area contributed by atoms with E-state index in [-0.39, 0.29) is 11.5 Å². The summed E-state index contributed by atoms with van der Waals surface area (Å²) in [5.41, 5.74) is 1.62. The van der Waals surface area contributed by atoms with Crippen LogP contribution in [-0.4, -0.2) is 38.2 Å². The maximum absolute atomic E-state index is 13.2. The lowest BCUT2D eigenvalue weighted by Gasteiger charge is -2.19. The normalized spacial score (nSPS) is 12.2. The summed E-state index contributed by atoms with van der Waals surface area (Å²) in [5.74, 6) is -0.349. The van der Waals surface area contributed by atoms with Crippen molar-refractivity contribution in [2.45, 2.75) is 47.1 Å². The van der Waals surface area contributed by atoms with E-state index < -0.39 is 23.1 Å². The van der Waals surface area contributed by atoms with Crippen LogP contribution in [0.3, 0.4) is 0 Å². The average Bonchev–Trinajstić information content (AvgIpc) is 3.56. The number of ketones is 1. The van der Waals surface area contributed by atoms with Crippen LogP contribution in [0.1, 0.15) is 57.5 Å². The van der Waals surface area contributed by atoms with Gasteiger partial charge in [-0.15, -0.1) is 11.3 Å². The molecule has 200 valence electrons. The number of ether oxygens (including phenoxy) is 2. The van der Waals surface area contributed by atoms with Gasteiger partial charge in [-0.1, -0.05) is 30.3 Å². The monoisotopic (exact) mass is 543 g/mol. The zero-order chi connectivity index (χ0) is 28.1. The van der Waals surface area contributed by atoms with Crippen molar-refractivity contribution in [3.05, 3.63) is 71.1 Å². The molecule has 0 atom stereocenters. The van der Waals surface area contributed by atoms with Crippen molar-refractivity contribution in [1.82, 2.24) is 14.8 Å². The Morgan fingerprint density at radius 2 is 1.64 bits per heavy atom. The van der Waals surface area contributed by atoms with Gasteiger partial charge in [0.1, 0.15) is 17.0 Å². The van der Waals surface area contributed by atoms with Gasteiger partial charge in [0.15, 0.2) is 11.5 Å². The van der Waals surface area contributed by atoms with E-state index in [4.69, 9.17) is 9.47 Å². The van der Waals surface area contributed by atoms with Crippen LogP contribution in [0.15, 0.2) is 60.0 Å². The molecule has 39 heavy (non-hydrogen) atoms. The van der Waals surface area contributed by atoms with Gasteiger partial charge in [-0.05, 0) is 71.2 Å². The predicted octanol–water partition coefficient (Wildman–Crippen LogP) is 7.21. The van der Waals surface area contributed by atoms with Gasteiger partial charge in [0.25, 0.3) is 0 Å². The van der Waals surface area contributed by atoms with Gasteiger partial charge in [0.2, 0.25) is 0 Å². The quantitative estimate of drug-likeness (QED) is 0.190. The van der Waals surface area contributed by atoms with Crippen molar-refractivity contribution < 1.29 is 23.9 Å². The summed E-state index contributed by atoms with van der Waals surface area (Å²) in [5, 5.41) is 7.01. The lowest BCUT2D eigenvalue weighted by molar-refractivity contribution is -0.142. The molecule has 0 saturated heterocycles. The highest BCUT2D eigenvalue weighted by molar-refractivity contribution is 7.17. The smallest absolute Gasteiger partial charge is 0.435 e. The highest BCUT2D eigenvalue weighted by atomic mass is 32.1. The zero-order valence-corrected chi connectivity index (χ0v) is 23.4. The Bertz CT molecular complexity index is 1730. The molecule has 0 radical (unpaired) electrons. The molecule has 1 N–H and O–H groups in total. The van der Waals surface area contributed by atoms with Crippen LogP contribution in [0.25, 0.3) is 32.5 Å². The molecule has 5 aromatic rings. The van der Waals surface area contributed by atoms with Crippen LogP contribution in [0, 0.1) is 5.41 Å². The maximum Gasteiger partial charge on any atom is 0.435 e. The van der Waals surface area contributed by atoms with Crippen molar-refractivity contribution in [3.8, 4) is 17.1 Å². The number of fused-ring (bicyclic) bond motifs is 2. The molecule has 0 fully saturated rings. The SMILES string of the molecule is CC(C)(C)OC(=O)n1nc(-c2[nH]c3ccc(C(=O)c4ccccc4)cc3c2OC(=O)C(C)(C)C)c2sccc21. The number of hydrogen-bond donors (Lipinski definition) is 1. The molecule has 0 spiro atoms. The number of aromatic nitrogens is 3. The van der Waals surface area contributed by atoms with Crippen molar-refractivity contribution in [1.29, 1.82) is 0 Å². The van der Waals surface area contributed by atoms with Gasteiger partial charge in [-0.25, -0.2) is 4.79 Å². The van der Waals surface area contributed by atoms with Crippen LogP contribution in [0.2, 0.25) is 0 Å². The van der Waals surface area contributed by atoms with Crippen molar-refractivity contribution in [2.24, 2.45) is 5.41 Å². The Hall–Kier alpha value is -4.24. The number of thiophene rings is 1. The first kappa shape index (κ1) is 26.4. The van der Waals surface area contributed by atoms with Gasteiger partial charge in [0.05, 0.1) is 15.6 Å². The van der Waals surface area contributed by atoms with Gasteiger partial charge >= 0.3 is 12.1 Å². The number of carbonyl (C=O) groups excluding carboxylic acids is 3. The van der Waals surface area contributed by atoms with E-state index in [1.54, 1.807) is 77.9 Å². The highest BCUT2D eigenvalue weighted by Gasteiger charge is 2.30. The van der Waals surface area contributed by atoms with Crippen molar-refractivity contribution in [3.63, 3.8) is 0 Å². The van der Waals surface area contributed by atoms with E-state index in [0.29, 0.717) is 38.9 Å². The lowest BCUT2D eigenvalue weighted by atomic mass is 9.97. The van der Waals surface area contributed by atoms with E-state index in [0.717, 1.165) is 4.70 Å². The Morgan fingerprint density at radius 3 is 2.31 bits per heavy atom. The number of aromatic amines is 1. The van der Waals surface area contributed by atoms with Crippen molar-refractivity contribution in [2.75, 3.05) is 0 Å². The number of benzene rings is 2. The summed E-state index contributed by atoms with van der Waals surface area (Å²) in [4.78, 5) is 42.6. The van der Waals surface area contributed by atoms with E-state index in [9.17, 15) is 14.4 Å². The predicted molar refractivity (Wildman–Crippen MR) is 151 cm³/mol. The number of rotatable bonds is 4. The van der Waals surface area contributed by atoms with Crippen LogP contribution >= 0.6 is 11.3 Å². The van der Waals surface area contributed by atoms with E-state index in [2.05, 4.69) is 10.1 Å². The third kappa shape index (κ3) is 5.09. The third-order valence-electron chi connectivity index (χ3n) is 5.95. The lowest BCUT2D eigenvalue weighted by Crippen LogP contribution is -2.27. The highest BCUT2D eigenvalue weighted by Crippen LogP contribution is 2.42. The molecule has 0 bridgehead atoms. The molecule has 8 nitrogen and oxygen atoms in total. The van der Waals surface area contributed by atoms with Gasteiger partial charge in [0, 0.05) is 22.0 Å². The standard InChI is InChI=1S/C30H29N3O5S/c1-29(2,3)27(35)37-25-19-16-18(24(34)17-10-8-7-9-11-17)12-13-20(19)31-22(25)23-26-21(14-15-39-26)33(32-23)28(36)38-30(4,5)6/h7-16,31H,1-6H3. The minimum Gasteiger partial charge on any atom is -0.442 e. The second-order valence-corrected chi connectivity index (χ2v) is 12.2. The topological polar surface area (TPSA) is 103 Å². The molecular weight excluding hydrogens is 514 g/mol. The number of carbonyl (C=O) groups is 3. The molecule has 9 heteroatoms. The van der Waals surface area contributed by atoms with Gasteiger partial charge < -0.3 is 14.5 Å². The fourth-order valence-corrected chi connectivity index (χ4v) is 4.90. The first-order chi connectivity index (χ1) is 18.3. The molecule has 5 rings (SSSR count). The van der Waals surface area contributed by atoms with E-state index in [1.165, 1.54) is 16.0 Å². The van der Waals surface area contributed by atoms with E-state index >= 15 is 0 Å². The number of esters is 1. The molecular formula is C30H29N3O5S. The summed E-state index contributed by atoms with van der Waals surface area (Å²) in [6, 6.07) is 16.0. The Labute approximate surface area is 229 Å². The maximum atomic E-state index is 13.2. The summed E-state index contributed by atoms with van der Waals surface area (Å²) in [7, 11) is 0.